The standard InChI is InChI=1S/C15H22N2O2/c16-9-12-2-1-3-13(12)17-10-11-4-5-14-15(8-11)19-7-6-18-14/h4-5,8,12-13,17H,1-3,6-7,9-10,16H2. The Labute approximate surface area is 114 Å². The average molecular weight is 262 g/mol. The van der Waals surface area contributed by atoms with E-state index in [0.29, 0.717) is 25.2 Å². The highest BCUT2D eigenvalue weighted by atomic mass is 16.6. The molecule has 1 heterocycles. The molecule has 0 amide bonds. The van der Waals surface area contributed by atoms with Gasteiger partial charge in [0.05, 0.1) is 0 Å². The summed E-state index contributed by atoms with van der Waals surface area (Å²) in [4.78, 5) is 0. The third kappa shape index (κ3) is 2.85. The Hall–Kier alpha value is -1.26. The fourth-order valence-electron chi connectivity index (χ4n) is 3.03. The van der Waals surface area contributed by atoms with Gasteiger partial charge in [-0.2, -0.15) is 0 Å². The number of hydrogen-bond acceptors (Lipinski definition) is 4. The number of hydrogen-bond donors (Lipinski definition) is 2. The highest BCUT2D eigenvalue weighted by Gasteiger charge is 2.25. The second-order valence-electron chi connectivity index (χ2n) is 5.39. The fraction of sp³-hybridized carbons (Fsp3) is 0.600. The lowest BCUT2D eigenvalue weighted by Crippen LogP contribution is -2.35. The van der Waals surface area contributed by atoms with Gasteiger partial charge in [-0.25, -0.2) is 0 Å². The molecule has 2 atom stereocenters. The fourth-order valence-corrected chi connectivity index (χ4v) is 3.03. The Balaban J connectivity index is 1.60. The molecule has 1 aliphatic carbocycles. The molecule has 19 heavy (non-hydrogen) atoms. The number of rotatable bonds is 4. The Morgan fingerprint density at radius 2 is 2.00 bits per heavy atom. The summed E-state index contributed by atoms with van der Waals surface area (Å²) in [6, 6.07) is 6.75. The minimum absolute atomic E-state index is 0.568. The van der Waals surface area contributed by atoms with Crippen LogP contribution in [-0.2, 0) is 6.54 Å². The van der Waals surface area contributed by atoms with Crippen molar-refractivity contribution in [3.8, 4) is 11.5 Å². The van der Waals surface area contributed by atoms with Crippen LogP contribution in [0.25, 0.3) is 0 Å². The lowest BCUT2D eigenvalue weighted by Gasteiger charge is -2.21. The molecule has 1 fully saturated rings. The summed E-state index contributed by atoms with van der Waals surface area (Å²) in [6.07, 6.45) is 3.79. The van der Waals surface area contributed by atoms with Crippen molar-refractivity contribution < 1.29 is 9.47 Å². The summed E-state index contributed by atoms with van der Waals surface area (Å²) >= 11 is 0. The van der Waals surface area contributed by atoms with Crippen molar-refractivity contribution >= 4 is 0 Å². The van der Waals surface area contributed by atoms with E-state index in [1.165, 1.54) is 24.8 Å². The van der Waals surface area contributed by atoms with Crippen LogP contribution in [-0.4, -0.2) is 25.8 Å². The van der Waals surface area contributed by atoms with E-state index < -0.39 is 0 Å². The third-order valence-corrected chi connectivity index (χ3v) is 4.14. The minimum Gasteiger partial charge on any atom is -0.486 e. The van der Waals surface area contributed by atoms with E-state index in [4.69, 9.17) is 15.2 Å². The highest BCUT2D eigenvalue weighted by Crippen LogP contribution is 2.31. The Morgan fingerprint density at radius 1 is 1.16 bits per heavy atom. The molecular weight excluding hydrogens is 240 g/mol. The van der Waals surface area contributed by atoms with Crippen LogP contribution >= 0.6 is 0 Å². The quantitative estimate of drug-likeness (QED) is 0.866. The number of nitrogens with two attached hydrogens (primary N) is 1. The van der Waals surface area contributed by atoms with Crippen LogP contribution in [0, 0.1) is 5.92 Å². The van der Waals surface area contributed by atoms with Crippen molar-refractivity contribution in [1.29, 1.82) is 0 Å². The average Bonchev–Trinajstić information content (AvgIpc) is 2.92. The molecule has 4 heteroatoms. The summed E-state index contributed by atoms with van der Waals surface area (Å²) in [5.41, 5.74) is 7.05. The molecule has 1 aliphatic heterocycles. The molecule has 0 saturated heterocycles. The number of fused-ring (bicyclic) bond motifs is 1. The van der Waals surface area contributed by atoms with Gasteiger partial charge in [0, 0.05) is 12.6 Å². The molecule has 0 bridgehead atoms. The van der Waals surface area contributed by atoms with Crippen LogP contribution in [0.5, 0.6) is 11.5 Å². The SMILES string of the molecule is NCC1CCCC1NCc1ccc2c(c1)OCCO2. The van der Waals surface area contributed by atoms with Crippen molar-refractivity contribution in [2.45, 2.75) is 31.8 Å². The first-order chi connectivity index (χ1) is 9.36. The molecule has 1 aromatic rings. The molecule has 0 spiro atoms. The summed E-state index contributed by atoms with van der Waals surface area (Å²) in [7, 11) is 0. The van der Waals surface area contributed by atoms with Gasteiger partial charge in [0.2, 0.25) is 0 Å². The van der Waals surface area contributed by atoms with Crippen molar-refractivity contribution in [3.63, 3.8) is 0 Å². The highest BCUT2D eigenvalue weighted by molar-refractivity contribution is 5.43. The van der Waals surface area contributed by atoms with Crippen LogP contribution in [0.4, 0.5) is 0 Å². The van der Waals surface area contributed by atoms with Crippen LogP contribution in [0.3, 0.4) is 0 Å². The lowest BCUT2D eigenvalue weighted by atomic mass is 10.0. The second-order valence-corrected chi connectivity index (χ2v) is 5.39. The number of nitrogens with one attached hydrogen (secondary N) is 1. The molecule has 1 saturated carbocycles. The van der Waals surface area contributed by atoms with Gasteiger partial charge in [-0.3, -0.25) is 0 Å². The number of benzene rings is 1. The maximum Gasteiger partial charge on any atom is 0.161 e. The van der Waals surface area contributed by atoms with Crippen molar-refractivity contribution in [2.24, 2.45) is 11.7 Å². The van der Waals surface area contributed by atoms with Gasteiger partial charge >= 0.3 is 0 Å². The zero-order valence-corrected chi connectivity index (χ0v) is 11.2. The zero-order chi connectivity index (χ0) is 13.1. The van der Waals surface area contributed by atoms with Crippen molar-refractivity contribution in [1.82, 2.24) is 5.32 Å². The zero-order valence-electron chi connectivity index (χ0n) is 11.2. The summed E-state index contributed by atoms with van der Waals surface area (Å²) in [6.45, 7) is 2.95. The summed E-state index contributed by atoms with van der Waals surface area (Å²) in [5, 5.41) is 3.63. The van der Waals surface area contributed by atoms with Gasteiger partial charge in [-0.05, 0) is 43.0 Å². The van der Waals surface area contributed by atoms with E-state index in [-0.39, 0.29) is 0 Å². The minimum atomic E-state index is 0.568. The van der Waals surface area contributed by atoms with E-state index in [0.717, 1.165) is 24.6 Å². The molecule has 4 nitrogen and oxygen atoms in total. The first kappa shape index (κ1) is 12.8. The maximum atomic E-state index is 5.81. The molecular formula is C15H22N2O2. The summed E-state index contributed by atoms with van der Waals surface area (Å²) < 4.78 is 11.1. The predicted octanol–water partition coefficient (Wildman–Crippen LogP) is 1.67. The first-order valence-corrected chi connectivity index (χ1v) is 7.19. The van der Waals surface area contributed by atoms with E-state index >= 15 is 0 Å². The third-order valence-electron chi connectivity index (χ3n) is 4.14. The van der Waals surface area contributed by atoms with Crippen LogP contribution in [0.1, 0.15) is 24.8 Å². The molecule has 3 N–H and O–H groups in total. The maximum absolute atomic E-state index is 5.81. The van der Waals surface area contributed by atoms with Gasteiger partial charge in [0.1, 0.15) is 13.2 Å². The molecule has 0 radical (unpaired) electrons. The van der Waals surface area contributed by atoms with Crippen LogP contribution in [0.15, 0.2) is 18.2 Å². The monoisotopic (exact) mass is 262 g/mol. The Morgan fingerprint density at radius 3 is 2.84 bits per heavy atom. The number of ether oxygens (including phenoxy) is 2. The Kier molecular flexibility index (Phi) is 3.89. The summed E-state index contributed by atoms with van der Waals surface area (Å²) in [5.74, 6) is 2.36. The normalized spacial score (nSPS) is 25.5. The predicted molar refractivity (Wildman–Crippen MR) is 74.5 cm³/mol. The van der Waals surface area contributed by atoms with E-state index in [1.54, 1.807) is 0 Å². The molecule has 104 valence electrons. The molecule has 0 aromatic heterocycles. The molecule has 2 unspecified atom stereocenters. The van der Waals surface area contributed by atoms with Gasteiger partial charge < -0.3 is 20.5 Å². The van der Waals surface area contributed by atoms with Gasteiger partial charge in [-0.1, -0.05) is 12.5 Å². The second kappa shape index (κ2) is 5.80. The van der Waals surface area contributed by atoms with Crippen molar-refractivity contribution in [2.75, 3.05) is 19.8 Å². The Bertz CT molecular complexity index is 436. The first-order valence-electron chi connectivity index (χ1n) is 7.19. The lowest BCUT2D eigenvalue weighted by molar-refractivity contribution is 0.171. The van der Waals surface area contributed by atoms with Gasteiger partial charge in [-0.15, -0.1) is 0 Å². The van der Waals surface area contributed by atoms with Crippen molar-refractivity contribution in [3.05, 3.63) is 23.8 Å². The smallest absolute Gasteiger partial charge is 0.161 e. The van der Waals surface area contributed by atoms with Gasteiger partial charge in [0.15, 0.2) is 11.5 Å². The van der Waals surface area contributed by atoms with Gasteiger partial charge in [0.25, 0.3) is 0 Å². The molecule has 3 rings (SSSR count). The van der Waals surface area contributed by atoms with Crippen LogP contribution < -0.4 is 20.5 Å². The largest absolute Gasteiger partial charge is 0.486 e. The molecule has 1 aromatic carbocycles. The van der Waals surface area contributed by atoms with E-state index in [9.17, 15) is 0 Å². The molecule has 2 aliphatic rings. The van der Waals surface area contributed by atoms with Crippen LogP contribution in [0.2, 0.25) is 0 Å². The van der Waals surface area contributed by atoms with E-state index in [2.05, 4.69) is 17.4 Å². The van der Waals surface area contributed by atoms with E-state index in [1.807, 2.05) is 6.07 Å². The topological polar surface area (TPSA) is 56.5 Å².